The van der Waals surface area contributed by atoms with E-state index >= 15 is 0 Å². The molecule has 5 nitrogen and oxygen atoms in total. The standard InChI is InChI=1S/C22H25Cl2N3O2/c1-3-5-11-26(22(29)17-12-15(23)7-9-20(17)28)14-21-25-18-8-6-16(24)13-19(18)27(21)10-4-2/h6-9,12-13,28H,3-5,10-11,14H2,1-2H3. The van der Waals surface area contributed by atoms with Crippen LogP contribution in [0.4, 0.5) is 0 Å². The van der Waals surface area contributed by atoms with Crippen LogP contribution in [0.3, 0.4) is 0 Å². The highest BCUT2D eigenvalue weighted by Gasteiger charge is 2.22. The first-order valence-corrected chi connectivity index (χ1v) is 10.6. The molecule has 0 aliphatic rings. The zero-order valence-corrected chi connectivity index (χ0v) is 18.2. The molecule has 1 heterocycles. The van der Waals surface area contributed by atoms with E-state index in [0.717, 1.165) is 42.7 Å². The van der Waals surface area contributed by atoms with Crippen LogP contribution < -0.4 is 0 Å². The van der Waals surface area contributed by atoms with Crippen LogP contribution in [0.15, 0.2) is 36.4 Å². The molecule has 154 valence electrons. The lowest BCUT2D eigenvalue weighted by molar-refractivity contribution is 0.0731. The molecule has 0 bridgehead atoms. The van der Waals surface area contributed by atoms with Crippen molar-refractivity contribution >= 4 is 40.1 Å². The first kappa shape index (κ1) is 21.5. The van der Waals surface area contributed by atoms with Crippen LogP contribution in [0, 0.1) is 0 Å². The minimum Gasteiger partial charge on any atom is -0.507 e. The van der Waals surface area contributed by atoms with E-state index in [9.17, 15) is 9.90 Å². The number of carbonyl (C=O) groups excluding carboxylic acids is 1. The number of imidazole rings is 1. The molecular formula is C22H25Cl2N3O2. The van der Waals surface area contributed by atoms with Gasteiger partial charge in [-0.3, -0.25) is 4.79 Å². The Morgan fingerprint density at radius 1 is 1.10 bits per heavy atom. The molecule has 0 unspecified atom stereocenters. The van der Waals surface area contributed by atoms with Crippen molar-refractivity contribution in [1.29, 1.82) is 0 Å². The van der Waals surface area contributed by atoms with Gasteiger partial charge in [0.05, 0.1) is 23.1 Å². The third-order valence-corrected chi connectivity index (χ3v) is 5.30. The Morgan fingerprint density at radius 2 is 1.83 bits per heavy atom. The van der Waals surface area contributed by atoms with Crippen molar-refractivity contribution in [3.05, 3.63) is 57.8 Å². The van der Waals surface area contributed by atoms with Gasteiger partial charge in [-0.15, -0.1) is 0 Å². The van der Waals surface area contributed by atoms with Gasteiger partial charge < -0.3 is 14.6 Å². The predicted octanol–water partition coefficient (Wildman–Crippen LogP) is 5.90. The molecule has 0 aliphatic heterocycles. The Labute approximate surface area is 180 Å². The van der Waals surface area contributed by atoms with Gasteiger partial charge in [0.15, 0.2) is 0 Å². The lowest BCUT2D eigenvalue weighted by atomic mass is 10.1. The van der Waals surface area contributed by atoms with Crippen molar-refractivity contribution in [3.63, 3.8) is 0 Å². The number of aromatic hydroxyl groups is 1. The van der Waals surface area contributed by atoms with E-state index in [0.29, 0.717) is 23.1 Å². The molecule has 0 saturated carbocycles. The lowest BCUT2D eigenvalue weighted by Gasteiger charge is -2.23. The van der Waals surface area contributed by atoms with Crippen LogP contribution in [0.2, 0.25) is 10.0 Å². The van der Waals surface area contributed by atoms with E-state index in [-0.39, 0.29) is 17.2 Å². The molecule has 0 radical (unpaired) electrons. The SMILES string of the molecule is CCCCN(Cc1nc2ccc(Cl)cc2n1CCC)C(=O)c1cc(Cl)ccc1O. The summed E-state index contributed by atoms with van der Waals surface area (Å²) in [5.41, 5.74) is 2.02. The molecule has 3 aromatic rings. The molecule has 1 aromatic heterocycles. The molecule has 0 saturated heterocycles. The molecule has 0 fully saturated rings. The Kier molecular flexibility index (Phi) is 7.04. The van der Waals surface area contributed by atoms with Crippen molar-refractivity contribution in [1.82, 2.24) is 14.5 Å². The van der Waals surface area contributed by atoms with Gasteiger partial charge in [-0.05, 0) is 49.2 Å². The maximum atomic E-state index is 13.2. The molecule has 3 rings (SSSR count). The molecule has 1 amide bonds. The van der Waals surface area contributed by atoms with E-state index < -0.39 is 0 Å². The van der Waals surface area contributed by atoms with E-state index in [1.807, 2.05) is 18.2 Å². The van der Waals surface area contributed by atoms with Gasteiger partial charge >= 0.3 is 0 Å². The van der Waals surface area contributed by atoms with Crippen molar-refractivity contribution in [3.8, 4) is 5.75 Å². The Hall–Kier alpha value is -2.24. The average molecular weight is 434 g/mol. The maximum absolute atomic E-state index is 13.2. The van der Waals surface area contributed by atoms with E-state index in [4.69, 9.17) is 28.2 Å². The van der Waals surface area contributed by atoms with Gasteiger partial charge in [-0.25, -0.2) is 4.98 Å². The highest BCUT2D eigenvalue weighted by Crippen LogP contribution is 2.26. The van der Waals surface area contributed by atoms with E-state index in [1.165, 1.54) is 12.1 Å². The van der Waals surface area contributed by atoms with Gasteiger partial charge in [0, 0.05) is 23.1 Å². The summed E-state index contributed by atoms with van der Waals surface area (Å²) in [6.45, 7) is 5.87. The second-order valence-corrected chi connectivity index (χ2v) is 7.93. The fourth-order valence-corrected chi connectivity index (χ4v) is 3.70. The number of hydrogen-bond donors (Lipinski definition) is 1. The number of nitrogens with zero attached hydrogens (tertiary/aromatic N) is 3. The van der Waals surface area contributed by atoms with Crippen LogP contribution in [-0.2, 0) is 13.1 Å². The number of benzene rings is 2. The van der Waals surface area contributed by atoms with E-state index in [2.05, 4.69) is 18.4 Å². The third kappa shape index (κ3) is 4.85. The van der Waals surface area contributed by atoms with Gasteiger partial charge in [0.25, 0.3) is 5.91 Å². The summed E-state index contributed by atoms with van der Waals surface area (Å²) in [5, 5.41) is 11.3. The summed E-state index contributed by atoms with van der Waals surface area (Å²) < 4.78 is 2.12. The van der Waals surface area contributed by atoms with Crippen molar-refractivity contribution < 1.29 is 9.90 Å². The molecule has 29 heavy (non-hydrogen) atoms. The zero-order chi connectivity index (χ0) is 21.0. The Balaban J connectivity index is 1.99. The number of phenolic OH excluding ortho intramolecular Hbond substituents is 1. The minimum atomic E-state index is -0.258. The van der Waals surface area contributed by atoms with Gasteiger partial charge in [0.1, 0.15) is 11.6 Å². The number of unbranched alkanes of at least 4 members (excludes halogenated alkanes) is 1. The number of carbonyl (C=O) groups is 1. The van der Waals surface area contributed by atoms with Crippen molar-refractivity contribution in [2.24, 2.45) is 0 Å². The molecular weight excluding hydrogens is 409 g/mol. The Morgan fingerprint density at radius 3 is 2.55 bits per heavy atom. The highest BCUT2D eigenvalue weighted by atomic mass is 35.5. The van der Waals surface area contributed by atoms with Crippen molar-refractivity contribution in [2.75, 3.05) is 6.54 Å². The molecule has 0 aliphatic carbocycles. The van der Waals surface area contributed by atoms with Crippen LogP contribution >= 0.6 is 23.2 Å². The summed E-state index contributed by atoms with van der Waals surface area (Å²) in [6, 6.07) is 10.1. The lowest BCUT2D eigenvalue weighted by Crippen LogP contribution is -2.32. The molecule has 2 aromatic carbocycles. The van der Waals surface area contributed by atoms with Crippen LogP contribution in [0.1, 0.15) is 49.3 Å². The zero-order valence-electron chi connectivity index (χ0n) is 16.7. The smallest absolute Gasteiger partial charge is 0.258 e. The first-order valence-electron chi connectivity index (χ1n) is 9.87. The highest BCUT2D eigenvalue weighted by molar-refractivity contribution is 6.31. The summed E-state index contributed by atoms with van der Waals surface area (Å²) in [5.74, 6) is 0.469. The monoisotopic (exact) mass is 433 g/mol. The normalized spacial score (nSPS) is 11.2. The van der Waals surface area contributed by atoms with Gasteiger partial charge in [-0.2, -0.15) is 0 Å². The number of rotatable bonds is 8. The Bertz CT molecular complexity index is 1020. The topological polar surface area (TPSA) is 58.4 Å². The summed E-state index contributed by atoms with van der Waals surface area (Å²) >= 11 is 12.2. The number of aryl methyl sites for hydroxylation is 1. The summed E-state index contributed by atoms with van der Waals surface area (Å²) in [4.78, 5) is 19.7. The summed E-state index contributed by atoms with van der Waals surface area (Å²) in [7, 11) is 0. The molecule has 0 atom stereocenters. The van der Waals surface area contributed by atoms with Crippen LogP contribution in [-0.4, -0.2) is 32.0 Å². The molecule has 0 spiro atoms. The van der Waals surface area contributed by atoms with Crippen LogP contribution in [0.25, 0.3) is 11.0 Å². The number of aromatic nitrogens is 2. The fourth-order valence-electron chi connectivity index (χ4n) is 3.36. The van der Waals surface area contributed by atoms with Crippen molar-refractivity contribution in [2.45, 2.75) is 46.2 Å². The van der Waals surface area contributed by atoms with Gasteiger partial charge in [-0.1, -0.05) is 43.5 Å². The minimum absolute atomic E-state index is 0.0743. The molecule has 1 N–H and O–H groups in total. The van der Waals surface area contributed by atoms with Crippen LogP contribution in [0.5, 0.6) is 5.75 Å². The average Bonchev–Trinajstić information content (AvgIpc) is 3.03. The number of amides is 1. The fraction of sp³-hybridized carbons (Fsp3) is 0.364. The number of phenols is 1. The first-order chi connectivity index (χ1) is 13.9. The quantitative estimate of drug-likeness (QED) is 0.480. The number of hydrogen-bond acceptors (Lipinski definition) is 3. The van der Waals surface area contributed by atoms with Gasteiger partial charge in [0.2, 0.25) is 0 Å². The summed E-state index contributed by atoms with van der Waals surface area (Å²) in [6.07, 6.45) is 2.74. The maximum Gasteiger partial charge on any atom is 0.258 e. The third-order valence-electron chi connectivity index (χ3n) is 4.83. The number of fused-ring (bicyclic) bond motifs is 1. The second kappa shape index (κ2) is 9.51. The van der Waals surface area contributed by atoms with E-state index in [1.54, 1.807) is 11.0 Å². The second-order valence-electron chi connectivity index (χ2n) is 7.05. The largest absolute Gasteiger partial charge is 0.507 e. The number of halogens is 2. The molecule has 7 heteroatoms. The predicted molar refractivity (Wildman–Crippen MR) is 118 cm³/mol.